The van der Waals surface area contributed by atoms with E-state index in [1.165, 1.54) is 0 Å². The fourth-order valence-electron chi connectivity index (χ4n) is 1.18. The summed E-state index contributed by atoms with van der Waals surface area (Å²) < 4.78 is 26.0. The number of nitrogens with one attached hydrogen (secondary N) is 1. The zero-order chi connectivity index (χ0) is 12.3. The first kappa shape index (κ1) is 13.0. The molecule has 16 heavy (non-hydrogen) atoms. The summed E-state index contributed by atoms with van der Waals surface area (Å²) in [5.41, 5.74) is 7.92. The number of aryl methyl sites for hydroxylation is 1. The minimum absolute atomic E-state index is 0.399. The summed E-state index contributed by atoms with van der Waals surface area (Å²) in [5.74, 6) is 0. The van der Waals surface area contributed by atoms with Crippen LogP contribution in [0.2, 0.25) is 0 Å². The lowest BCUT2D eigenvalue weighted by atomic mass is 10.1. The van der Waals surface area contributed by atoms with Crippen LogP contribution in [0.3, 0.4) is 0 Å². The highest BCUT2D eigenvalue weighted by molar-refractivity contribution is 7.93. The van der Waals surface area contributed by atoms with Crippen molar-refractivity contribution in [2.45, 2.75) is 32.6 Å². The third-order valence-corrected chi connectivity index (χ3v) is 4.16. The van der Waals surface area contributed by atoms with Gasteiger partial charge in [-0.2, -0.15) is 0 Å². The summed E-state index contributed by atoms with van der Waals surface area (Å²) in [7, 11) is -3.29. The van der Waals surface area contributed by atoms with Crippen LogP contribution in [0.4, 0.5) is 5.69 Å². The predicted octanol–water partition coefficient (Wildman–Crippen LogP) is 1.60. The van der Waals surface area contributed by atoms with Crippen LogP contribution in [0.5, 0.6) is 0 Å². The van der Waals surface area contributed by atoms with Crippen molar-refractivity contribution < 1.29 is 8.42 Å². The van der Waals surface area contributed by atoms with E-state index in [2.05, 4.69) is 4.72 Å². The molecule has 0 aliphatic heterocycles. The Morgan fingerprint density at radius 1 is 1.38 bits per heavy atom. The molecule has 0 spiro atoms. The van der Waals surface area contributed by atoms with Crippen LogP contribution in [-0.2, 0) is 16.6 Å². The maximum atomic E-state index is 11.7. The van der Waals surface area contributed by atoms with Crippen LogP contribution < -0.4 is 10.5 Å². The largest absolute Gasteiger partial charge is 0.326 e. The van der Waals surface area contributed by atoms with Gasteiger partial charge in [0.2, 0.25) is 10.0 Å². The van der Waals surface area contributed by atoms with Gasteiger partial charge in [0.1, 0.15) is 0 Å². The number of sulfonamides is 1. The Balaban J connectivity index is 3.06. The Morgan fingerprint density at radius 3 is 2.50 bits per heavy atom. The summed E-state index contributed by atoms with van der Waals surface area (Å²) in [6, 6.07) is 5.53. The first-order valence-electron chi connectivity index (χ1n) is 5.18. The molecule has 0 radical (unpaired) electrons. The van der Waals surface area contributed by atoms with Gasteiger partial charge in [0.15, 0.2) is 0 Å². The number of benzene rings is 1. The van der Waals surface area contributed by atoms with Crippen LogP contribution >= 0.6 is 0 Å². The van der Waals surface area contributed by atoms with E-state index >= 15 is 0 Å². The smallest absolute Gasteiger partial charge is 0.235 e. The molecular formula is C11H18N2O2S. The van der Waals surface area contributed by atoms with E-state index in [1.54, 1.807) is 19.9 Å². The van der Waals surface area contributed by atoms with Crippen LogP contribution in [0.1, 0.15) is 25.0 Å². The first-order valence-corrected chi connectivity index (χ1v) is 6.72. The Morgan fingerprint density at radius 2 is 2.00 bits per heavy atom. The molecular weight excluding hydrogens is 224 g/mol. The van der Waals surface area contributed by atoms with E-state index in [1.807, 2.05) is 19.1 Å². The molecule has 0 bridgehead atoms. The Hall–Kier alpha value is -1.07. The number of anilines is 1. The fraction of sp³-hybridized carbons (Fsp3) is 0.455. The third kappa shape index (κ3) is 2.96. The van der Waals surface area contributed by atoms with Crippen molar-refractivity contribution in [2.24, 2.45) is 5.73 Å². The van der Waals surface area contributed by atoms with Crippen LogP contribution in [0, 0.1) is 6.92 Å². The second-order valence-electron chi connectivity index (χ2n) is 4.05. The summed E-state index contributed by atoms with van der Waals surface area (Å²) in [6.45, 7) is 5.55. The second kappa shape index (κ2) is 4.84. The van der Waals surface area contributed by atoms with Gasteiger partial charge < -0.3 is 5.73 Å². The molecule has 0 saturated heterocycles. The Bertz CT molecular complexity index is 467. The molecule has 0 aliphatic rings. The minimum Gasteiger partial charge on any atom is -0.326 e. The molecule has 0 saturated carbocycles. The van der Waals surface area contributed by atoms with Crippen molar-refractivity contribution in [3.8, 4) is 0 Å². The van der Waals surface area contributed by atoms with Gasteiger partial charge in [-0.1, -0.05) is 12.1 Å². The SMILES string of the molecule is Cc1ccc(CN)cc1NS(=O)(=O)C(C)C. The lowest BCUT2D eigenvalue weighted by Crippen LogP contribution is -2.23. The van der Waals surface area contributed by atoms with E-state index in [4.69, 9.17) is 5.73 Å². The first-order chi connectivity index (χ1) is 7.36. The molecule has 0 aromatic heterocycles. The van der Waals surface area contributed by atoms with E-state index in [9.17, 15) is 8.42 Å². The molecule has 0 aliphatic carbocycles. The van der Waals surface area contributed by atoms with Crippen molar-refractivity contribution in [3.63, 3.8) is 0 Å². The molecule has 0 unspecified atom stereocenters. The highest BCUT2D eigenvalue weighted by atomic mass is 32.2. The molecule has 1 aromatic carbocycles. The van der Waals surface area contributed by atoms with Gasteiger partial charge >= 0.3 is 0 Å². The van der Waals surface area contributed by atoms with Crippen molar-refractivity contribution in [1.29, 1.82) is 0 Å². The number of nitrogens with two attached hydrogens (primary N) is 1. The molecule has 90 valence electrons. The standard InChI is InChI=1S/C11H18N2O2S/c1-8(2)16(14,15)13-11-6-10(7-12)5-4-9(11)3/h4-6,8,13H,7,12H2,1-3H3. The predicted molar refractivity (Wildman–Crippen MR) is 66.7 cm³/mol. The molecule has 4 nitrogen and oxygen atoms in total. The van der Waals surface area contributed by atoms with Crippen LogP contribution in [0.15, 0.2) is 18.2 Å². The van der Waals surface area contributed by atoms with E-state index in [-0.39, 0.29) is 0 Å². The molecule has 0 amide bonds. The summed E-state index contributed by atoms with van der Waals surface area (Å²) in [6.07, 6.45) is 0. The van der Waals surface area contributed by atoms with Gasteiger partial charge in [0, 0.05) is 6.54 Å². The highest BCUT2D eigenvalue weighted by Gasteiger charge is 2.16. The van der Waals surface area contributed by atoms with Crippen molar-refractivity contribution >= 4 is 15.7 Å². The van der Waals surface area contributed by atoms with Gasteiger partial charge in [0.25, 0.3) is 0 Å². The molecule has 0 heterocycles. The molecule has 0 fully saturated rings. The zero-order valence-electron chi connectivity index (χ0n) is 9.82. The maximum absolute atomic E-state index is 11.7. The fourth-order valence-corrected chi connectivity index (χ4v) is 1.94. The van der Waals surface area contributed by atoms with E-state index < -0.39 is 15.3 Å². The van der Waals surface area contributed by atoms with Crippen LogP contribution in [0.25, 0.3) is 0 Å². The number of hydrogen-bond acceptors (Lipinski definition) is 3. The second-order valence-corrected chi connectivity index (χ2v) is 6.29. The maximum Gasteiger partial charge on any atom is 0.235 e. The molecule has 3 N–H and O–H groups in total. The topological polar surface area (TPSA) is 72.2 Å². The molecule has 1 rings (SSSR count). The van der Waals surface area contributed by atoms with Gasteiger partial charge in [0.05, 0.1) is 10.9 Å². The third-order valence-electron chi connectivity index (χ3n) is 2.41. The van der Waals surface area contributed by atoms with Gasteiger partial charge in [-0.15, -0.1) is 0 Å². The molecule has 5 heteroatoms. The average Bonchev–Trinajstić information content (AvgIpc) is 2.21. The van der Waals surface area contributed by atoms with Crippen molar-refractivity contribution in [1.82, 2.24) is 0 Å². The highest BCUT2D eigenvalue weighted by Crippen LogP contribution is 2.19. The molecule has 0 atom stereocenters. The van der Waals surface area contributed by atoms with Crippen molar-refractivity contribution in [2.75, 3.05) is 4.72 Å². The quantitative estimate of drug-likeness (QED) is 0.842. The lowest BCUT2D eigenvalue weighted by Gasteiger charge is -2.13. The number of rotatable bonds is 4. The van der Waals surface area contributed by atoms with Gasteiger partial charge in [-0.25, -0.2) is 8.42 Å². The normalized spacial score (nSPS) is 11.8. The summed E-state index contributed by atoms with van der Waals surface area (Å²) in [5, 5.41) is -0.451. The van der Waals surface area contributed by atoms with Gasteiger partial charge in [-0.3, -0.25) is 4.72 Å². The average molecular weight is 242 g/mol. The monoisotopic (exact) mass is 242 g/mol. The van der Waals surface area contributed by atoms with Gasteiger partial charge in [-0.05, 0) is 38.0 Å². The Labute approximate surface area is 96.9 Å². The van der Waals surface area contributed by atoms with Crippen LogP contribution in [-0.4, -0.2) is 13.7 Å². The minimum atomic E-state index is -3.29. The zero-order valence-corrected chi connectivity index (χ0v) is 10.6. The summed E-state index contributed by atoms with van der Waals surface area (Å²) in [4.78, 5) is 0. The summed E-state index contributed by atoms with van der Waals surface area (Å²) >= 11 is 0. The Kier molecular flexibility index (Phi) is 3.93. The lowest BCUT2D eigenvalue weighted by molar-refractivity contribution is 0.592. The van der Waals surface area contributed by atoms with E-state index in [0.717, 1.165) is 11.1 Å². The van der Waals surface area contributed by atoms with Crippen molar-refractivity contribution in [3.05, 3.63) is 29.3 Å². The molecule has 1 aromatic rings. The van der Waals surface area contributed by atoms with E-state index in [0.29, 0.717) is 12.2 Å². The number of hydrogen-bond donors (Lipinski definition) is 2.